The molecule has 7 heteroatoms. The van der Waals surface area contributed by atoms with Crippen molar-refractivity contribution in [2.24, 2.45) is 0 Å². The van der Waals surface area contributed by atoms with Crippen LogP contribution in [-0.2, 0) is 0 Å². The van der Waals surface area contributed by atoms with Gasteiger partial charge in [0.2, 0.25) is 0 Å². The van der Waals surface area contributed by atoms with Crippen molar-refractivity contribution in [3.63, 3.8) is 0 Å². The quantitative estimate of drug-likeness (QED) is 0.288. The van der Waals surface area contributed by atoms with Crippen LogP contribution in [0.2, 0.25) is 25.1 Å². The summed E-state index contributed by atoms with van der Waals surface area (Å²) < 4.78 is 0. The third kappa shape index (κ3) is 3.97. The van der Waals surface area contributed by atoms with Crippen molar-refractivity contribution in [3.8, 4) is 0 Å². The van der Waals surface area contributed by atoms with Crippen molar-refractivity contribution >= 4 is 79.6 Å². The lowest BCUT2D eigenvalue weighted by atomic mass is 10.0. The largest absolute Gasteiger partial charge is 0.0854 e. The van der Waals surface area contributed by atoms with E-state index in [0.717, 1.165) is 0 Å². The zero-order chi connectivity index (χ0) is 14.0. The van der Waals surface area contributed by atoms with Crippen molar-refractivity contribution in [2.45, 2.75) is 42.2 Å². The molecule has 0 spiro atoms. The van der Waals surface area contributed by atoms with Gasteiger partial charge in [0.15, 0.2) is 0 Å². The molecule has 1 aliphatic rings. The fraction of sp³-hybridized carbons (Fsp3) is 0.500. The summed E-state index contributed by atoms with van der Waals surface area (Å²) in [5.41, 5.74) is 0. The average Bonchev–Trinajstić information content (AvgIpc) is 2.44. The second-order valence-corrected chi connectivity index (χ2v) is 8.74. The topological polar surface area (TPSA) is 0 Å². The lowest BCUT2D eigenvalue weighted by Gasteiger charge is -2.21. The summed E-state index contributed by atoms with van der Waals surface area (Å²) in [5, 5.41) is 2.15. The lowest BCUT2D eigenvalue weighted by Crippen LogP contribution is -2.06. The van der Waals surface area contributed by atoms with Gasteiger partial charge in [-0.25, -0.2) is 0 Å². The number of hydrogen-bond donors (Lipinski definition) is 0. The number of rotatable bonds is 3. The summed E-state index contributed by atoms with van der Waals surface area (Å²) in [4.78, 5) is 0.707. The van der Waals surface area contributed by atoms with E-state index in [0.29, 0.717) is 20.2 Å². The van der Waals surface area contributed by atoms with Gasteiger partial charge in [0.25, 0.3) is 0 Å². The monoisotopic (exact) mass is 394 g/mol. The van der Waals surface area contributed by atoms with Gasteiger partial charge in [0.1, 0.15) is 0 Å². The Bertz CT molecular complexity index is 443. The Morgan fingerprint density at radius 1 is 0.684 bits per heavy atom. The van der Waals surface area contributed by atoms with E-state index in [4.69, 9.17) is 58.0 Å². The second kappa shape index (κ2) is 7.58. The highest BCUT2D eigenvalue weighted by Crippen LogP contribution is 2.52. The first-order chi connectivity index (χ1) is 9.02. The smallest absolute Gasteiger partial charge is 0.0809 e. The third-order valence-corrected chi connectivity index (χ3v) is 8.51. The van der Waals surface area contributed by atoms with E-state index in [1.54, 1.807) is 21.6 Å². The minimum atomic E-state index is 0.213. The van der Waals surface area contributed by atoms with Gasteiger partial charge < -0.3 is 0 Å². The van der Waals surface area contributed by atoms with Crippen LogP contribution < -0.4 is 0 Å². The van der Waals surface area contributed by atoms with Crippen LogP contribution in [0.25, 0.3) is 0 Å². The van der Waals surface area contributed by atoms with Crippen LogP contribution >= 0.6 is 79.6 Å². The van der Waals surface area contributed by atoms with E-state index in [1.807, 2.05) is 0 Å². The SMILES string of the molecule is Clc1c(Cl)c(Cl)c(SSC2CCCCC2)c(Cl)c1Cl. The van der Waals surface area contributed by atoms with Crippen molar-refractivity contribution in [1.82, 2.24) is 0 Å². The molecule has 0 aromatic heterocycles. The fourth-order valence-corrected chi connectivity index (χ4v) is 6.57. The van der Waals surface area contributed by atoms with Crippen LogP contribution in [0.5, 0.6) is 0 Å². The molecule has 1 saturated carbocycles. The molecule has 0 saturated heterocycles. The average molecular weight is 397 g/mol. The molecule has 0 atom stereocenters. The van der Waals surface area contributed by atoms with Gasteiger partial charge in [-0.15, -0.1) is 0 Å². The molecule has 0 unspecified atom stereocenters. The fourth-order valence-electron chi connectivity index (χ4n) is 1.94. The van der Waals surface area contributed by atoms with Crippen molar-refractivity contribution in [1.29, 1.82) is 0 Å². The molecule has 0 radical (unpaired) electrons. The highest BCUT2D eigenvalue weighted by Gasteiger charge is 2.22. The minimum absolute atomic E-state index is 0.213. The molecule has 1 aromatic rings. The maximum atomic E-state index is 6.20. The van der Waals surface area contributed by atoms with E-state index in [2.05, 4.69) is 0 Å². The third-order valence-electron chi connectivity index (χ3n) is 2.99. The first-order valence-electron chi connectivity index (χ1n) is 5.87. The highest BCUT2D eigenvalue weighted by atomic mass is 35.5. The van der Waals surface area contributed by atoms with E-state index in [9.17, 15) is 0 Å². The molecule has 1 aromatic carbocycles. The summed E-state index contributed by atoms with van der Waals surface area (Å²) in [5.74, 6) is 0. The Labute approximate surface area is 146 Å². The molecule has 0 bridgehead atoms. The van der Waals surface area contributed by atoms with Gasteiger partial charge in [-0.1, -0.05) is 98.9 Å². The summed E-state index contributed by atoms with van der Waals surface area (Å²) in [6.45, 7) is 0. The van der Waals surface area contributed by atoms with Gasteiger partial charge in [0.05, 0.1) is 30.0 Å². The normalized spacial score (nSPS) is 16.9. The molecule has 0 nitrogen and oxygen atoms in total. The zero-order valence-electron chi connectivity index (χ0n) is 9.82. The maximum Gasteiger partial charge on any atom is 0.0809 e. The number of benzene rings is 1. The second-order valence-electron chi connectivity index (χ2n) is 4.34. The minimum Gasteiger partial charge on any atom is -0.0854 e. The van der Waals surface area contributed by atoms with E-state index in [-0.39, 0.29) is 15.1 Å². The van der Waals surface area contributed by atoms with Gasteiger partial charge in [-0.3, -0.25) is 0 Å². The van der Waals surface area contributed by atoms with Crippen LogP contribution in [0.4, 0.5) is 0 Å². The highest BCUT2D eigenvalue weighted by molar-refractivity contribution is 8.77. The number of hydrogen-bond acceptors (Lipinski definition) is 2. The van der Waals surface area contributed by atoms with Crippen LogP contribution in [0.3, 0.4) is 0 Å². The van der Waals surface area contributed by atoms with Crippen molar-refractivity contribution in [2.75, 3.05) is 0 Å². The zero-order valence-corrected chi connectivity index (χ0v) is 15.2. The molecule has 0 amide bonds. The first kappa shape index (κ1) is 16.7. The first-order valence-corrected chi connectivity index (χ1v) is 9.97. The summed E-state index contributed by atoms with van der Waals surface area (Å²) >= 11 is 30.5. The van der Waals surface area contributed by atoms with Crippen LogP contribution in [0.15, 0.2) is 4.90 Å². The Morgan fingerprint density at radius 3 is 1.68 bits per heavy atom. The molecule has 19 heavy (non-hydrogen) atoms. The molecular weight excluding hydrogens is 386 g/mol. The lowest BCUT2D eigenvalue weighted by molar-refractivity contribution is 0.517. The van der Waals surface area contributed by atoms with Gasteiger partial charge in [-0.2, -0.15) is 0 Å². The standard InChI is InChI=1S/C12H11Cl5S2/c13-7-8(14)10(16)12(11(17)9(7)15)19-18-6-4-2-1-3-5-6/h6H,1-5H2. The Balaban J connectivity index is 2.15. The van der Waals surface area contributed by atoms with Crippen LogP contribution in [0, 0.1) is 0 Å². The van der Waals surface area contributed by atoms with E-state index < -0.39 is 0 Å². The maximum absolute atomic E-state index is 6.20. The predicted molar refractivity (Wildman–Crippen MR) is 91.8 cm³/mol. The molecular formula is C12H11Cl5S2. The van der Waals surface area contributed by atoms with Crippen molar-refractivity contribution < 1.29 is 0 Å². The molecule has 0 N–H and O–H groups in total. The molecule has 106 valence electrons. The Morgan fingerprint density at radius 2 is 1.16 bits per heavy atom. The van der Waals surface area contributed by atoms with Crippen molar-refractivity contribution in [3.05, 3.63) is 25.1 Å². The summed E-state index contributed by atoms with van der Waals surface area (Å²) in [6, 6.07) is 0. The summed E-state index contributed by atoms with van der Waals surface area (Å²) in [6.07, 6.45) is 6.40. The van der Waals surface area contributed by atoms with Gasteiger partial charge >= 0.3 is 0 Å². The van der Waals surface area contributed by atoms with E-state index in [1.165, 1.54) is 32.1 Å². The number of halogens is 5. The molecule has 0 aliphatic heterocycles. The van der Waals surface area contributed by atoms with Gasteiger partial charge in [0, 0.05) is 5.25 Å². The van der Waals surface area contributed by atoms with E-state index >= 15 is 0 Å². The Kier molecular flexibility index (Phi) is 6.67. The molecule has 0 heterocycles. The molecule has 1 fully saturated rings. The van der Waals surface area contributed by atoms with Crippen LogP contribution in [-0.4, -0.2) is 5.25 Å². The van der Waals surface area contributed by atoms with Crippen LogP contribution in [0.1, 0.15) is 32.1 Å². The molecule has 2 rings (SSSR count). The van der Waals surface area contributed by atoms with Gasteiger partial charge in [-0.05, 0) is 12.8 Å². The predicted octanol–water partition coefficient (Wildman–Crippen LogP) is 8.03. The molecule has 1 aliphatic carbocycles. The Hall–Kier alpha value is 1.37. The summed E-state index contributed by atoms with van der Waals surface area (Å²) in [7, 11) is 3.33.